The van der Waals surface area contributed by atoms with Crippen molar-refractivity contribution in [1.29, 1.82) is 0 Å². The molecule has 1 amide bonds. The van der Waals surface area contributed by atoms with Gasteiger partial charge in [0.25, 0.3) is 5.56 Å². The highest BCUT2D eigenvalue weighted by Gasteiger charge is 2.09. The Morgan fingerprint density at radius 1 is 1.38 bits per heavy atom. The van der Waals surface area contributed by atoms with Gasteiger partial charge in [0.1, 0.15) is 6.54 Å². The first-order valence-corrected chi connectivity index (χ1v) is 7.17. The summed E-state index contributed by atoms with van der Waals surface area (Å²) in [5.74, 6) is -0.215. The molecule has 0 bridgehead atoms. The van der Waals surface area contributed by atoms with Gasteiger partial charge in [0.05, 0.1) is 38.1 Å². The topological polar surface area (TPSA) is 71.3 Å². The van der Waals surface area contributed by atoms with E-state index in [1.165, 1.54) is 9.47 Å². The van der Waals surface area contributed by atoms with Crippen molar-refractivity contribution in [1.82, 2.24) is 14.9 Å². The first-order chi connectivity index (χ1) is 9.99. The number of nitrogens with one attached hydrogen (secondary N) is 3. The summed E-state index contributed by atoms with van der Waals surface area (Å²) < 4.78 is 1.54. The minimum atomic E-state index is -0.247. The van der Waals surface area contributed by atoms with Crippen LogP contribution in [0, 0.1) is 4.77 Å². The monoisotopic (exact) mass is 307 g/mol. The lowest BCUT2D eigenvalue weighted by Gasteiger charge is -2.10. The summed E-state index contributed by atoms with van der Waals surface area (Å²) in [4.78, 5) is 28.5. The number of nitrogens with zero attached hydrogens (tertiary/aromatic N) is 1. The molecule has 1 aromatic carbocycles. The molecule has 0 radical (unpaired) electrons. The molecule has 6 nitrogen and oxygen atoms in total. The maximum Gasteiger partial charge on any atom is 0.262 e. The third-order valence-corrected chi connectivity index (χ3v) is 3.46. The Bertz CT molecular complexity index is 763. The fourth-order valence-corrected chi connectivity index (χ4v) is 2.25. The van der Waals surface area contributed by atoms with Gasteiger partial charge in [-0.3, -0.25) is 14.2 Å². The van der Waals surface area contributed by atoms with Crippen LogP contribution < -0.4 is 15.8 Å². The number of carbonyl (C=O) groups is 1. The maximum absolute atomic E-state index is 12.4. The Balaban J connectivity index is 2.21. The van der Waals surface area contributed by atoms with E-state index in [0.717, 1.165) is 6.54 Å². The van der Waals surface area contributed by atoms with E-state index < -0.39 is 0 Å². The van der Waals surface area contributed by atoms with E-state index >= 15 is 0 Å². The average molecular weight is 307 g/mol. The largest absolute Gasteiger partial charge is 0.349 e. The predicted octanol–water partition coefficient (Wildman–Crippen LogP) is -0.680. The van der Waals surface area contributed by atoms with Crippen LogP contribution in [-0.2, 0) is 11.3 Å². The number of aromatic amines is 1. The summed E-state index contributed by atoms with van der Waals surface area (Å²) in [5.41, 5.74) is 0.433. The summed E-state index contributed by atoms with van der Waals surface area (Å²) in [6.45, 7) is 1.33. The molecular formula is C14H19N4O2S+. The highest BCUT2D eigenvalue weighted by molar-refractivity contribution is 7.71. The summed E-state index contributed by atoms with van der Waals surface area (Å²) in [6.07, 6.45) is 0. The van der Waals surface area contributed by atoms with Gasteiger partial charge in [-0.2, -0.15) is 0 Å². The van der Waals surface area contributed by atoms with Crippen molar-refractivity contribution >= 4 is 29.0 Å². The molecule has 0 unspecified atom stereocenters. The van der Waals surface area contributed by atoms with E-state index in [-0.39, 0.29) is 22.8 Å². The number of benzene rings is 1. The standard InChI is InChI=1S/C14H18N4O2S/c1-17(2)8-7-15-12(19)9-18-13(20)10-5-3-4-6-11(10)16-14(18)21/h3-6H,7-9H2,1-2H3,(H,15,19)(H,16,21)/p+1. The lowest BCUT2D eigenvalue weighted by molar-refractivity contribution is -0.856. The fraction of sp³-hybridized carbons (Fsp3) is 0.357. The molecule has 21 heavy (non-hydrogen) atoms. The quantitative estimate of drug-likeness (QED) is 0.641. The lowest BCUT2D eigenvalue weighted by atomic mass is 10.2. The molecular weight excluding hydrogens is 288 g/mol. The van der Waals surface area contributed by atoms with Crippen LogP contribution in [0.3, 0.4) is 0 Å². The van der Waals surface area contributed by atoms with Crippen molar-refractivity contribution in [3.05, 3.63) is 39.4 Å². The number of hydrogen-bond acceptors (Lipinski definition) is 3. The number of carbonyl (C=O) groups excluding carboxylic acids is 1. The van der Waals surface area contributed by atoms with Gasteiger partial charge in [-0.25, -0.2) is 0 Å². The van der Waals surface area contributed by atoms with E-state index in [4.69, 9.17) is 12.2 Å². The Hall–Kier alpha value is -1.99. The highest BCUT2D eigenvalue weighted by atomic mass is 32.1. The van der Waals surface area contributed by atoms with Gasteiger partial charge in [0.15, 0.2) is 4.77 Å². The van der Waals surface area contributed by atoms with Gasteiger partial charge in [0.2, 0.25) is 5.91 Å². The summed E-state index contributed by atoms with van der Waals surface area (Å²) in [7, 11) is 4.02. The number of hydrogen-bond donors (Lipinski definition) is 3. The number of amides is 1. The molecule has 0 spiro atoms. The van der Waals surface area contributed by atoms with Crippen LogP contribution in [-0.4, -0.2) is 42.6 Å². The highest BCUT2D eigenvalue weighted by Crippen LogP contribution is 2.05. The number of quaternary nitrogens is 1. The van der Waals surface area contributed by atoms with Crippen LogP contribution in [0.5, 0.6) is 0 Å². The summed E-state index contributed by atoms with van der Waals surface area (Å²) >= 11 is 5.16. The average Bonchev–Trinajstić information content (AvgIpc) is 2.43. The van der Waals surface area contributed by atoms with Gasteiger partial charge in [-0.1, -0.05) is 12.1 Å². The smallest absolute Gasteiger partial charge is 0.262 e. The molecule has 2 aromatic rings. The second-order valence-corrected chi connectivity index (χ2v) is 5.56. The number of H-pyrrole nitrogens is 1. The molecule has 0 atom stereocenters. The lowest BCUT2D eigenvalue weighted by Crippen LogP contribution is -3.06. The number of para-hydroxylation sites is 1. The van der Waals surface area contributed by atoms with Crippen LogP contribution in [0.2, 0.25) is 0 Å². The number of rotatable bonds is 5. The molecule has 1 aromatic heterocycles. The minimum absolute atomic E-state index is 0.0677. The van der Waals surface area contributed by atoms with Gasteiger partial charge in [0, 0.05) is 0 Å². The number of fused-ring (bicyclic) bond motifs is 1. The normalized spacial score (nSPS) is 11.0. The van der Waals surface area contributed by atoms with Crippen LogP contribution in [0.15, 0.2) is 29.1 Å². The van der Waals surface area contributed by atoms with Crippen molar-refractivity contribution in [2.24, 2.45) is 0 Å². The predicted molar refractivity (Wildman–Crippen MR) is 84.1 cm³/mol. The van der Waals surface area contributed by atoms with E-state index in [9.17, 15) is 9.59 Å². The van der Waals surface area contributed by atoms with E-state index in [0.29, 0.717) is 17.4 Å². The molecule has 112 valence electrons. The fourth-order valence-electron chi connectivity index (χ4n) is 1.99. The first kappa shape index (κ1) is 15.4. The van der Waals surface area contributed by atoms with Crippen molar-refractivity contribution in [3.63, 3.8) is 0 Å². The molecule has 2 rings (SSSR count). The maximum atomic E-state index is 12.4. The van der Waals surface area contributed by atoms with Crippen molar-refractivity contribution in [2.75, 3.05) is 27.2 Å². The van der Waals surface area contributed by atoms with E-state index in [1.807, 2.05) is 20.2 Å². The van der Waals surface area contributed by atoms with Gasteiger partial charge < -0.3 is 15.2 Å². The molecule has 0 aliphatic heterocycles. The zero-order valence-electron chi connectivity index (χ0n) is 12.1. The van der Waals surface area contributed by atoms with Crippen LogP contribution in [0.4, 0.5) is 0 Å². The molecule has 1 heterocycles. The second kappa shape index (κ2) is 6.64. The molecule has 3 N–H and O–H groups in total. The SMILES string of the molecule is C[NH+](C)CCNC(=O)Cn1c(=S)[nH]c2ccccc2c1=O. The van der Waals surface area contributed by atoms with Gasteiger partial charge in [-0.15, -0.1) is 0 Å². The molecule has 0 aliphatic carbocycles. The molecule has 7 heteroatoms. The van der Waals surface area contributed by atoms with Gasteiger partial charge >= 0.3 is 0 Å². The molecule has 0 aliphatic rings. The second-order valence-electron chi connectivity index (χ2n) is 5.17. The van der Waals surface area contributed by atoms with Crippen LogP contribution >= 0.6 is 12.2 Å². The minimum Gasteiger partial charge on any atom is -0.349 e. The van der Waals surface area contributed by atoms with E-state index in [2.05, 4.69) is 10.3 Å². The van der Waals surface area contributed by atoms with Crippen LogP contribution in [0.1, 0.15) is 0 Å². The zero-order chi connectivity index (χ0) is 15.4. The molecule has 0 saturated heterocycles. The van der Waals surface area contributed by atoms with E-state index in [1.54, 1.807) is 18.2 Å². The number of aromatic nitrogens is 2. The molecule has 0 fully saturated rings. The number of likely N-dealkylation sites (N-methyl/N-ethyl adjacent to an activating group) is 1. The third kappa shape index (κ3) is 3.77. The summed E-state index contributed by atoms with van der Waals surface area (Å²) in [5, 5.41) is 3.31. The Kier molecular flexibility index (Phi) is 4.87. The molecule has 0 saturated carbocycles. The first-order valence-electron chi connectivity index (χ1n) is 6.76. The summed E-state index contributed by atoms with van der Waals surface area (Å²) in [6, 6.07) is 7.11. The van der Waals surface area contributed by atoms with Gasteiger partial charge in [-0.05, 0) is 24.4 Å². The Morgan fingerprint density at radius 2 is 2.10 bits per heavy atom. The van der Waals surface area contributed by atoms with Crippen molar-refractivity contribution in [3.8, 4) is 0 Å². The zero-order valence-corrected chi connectivity index (χ0v) is 12.9. The van der Waals surface area contributed by atoms with Crippen molar-refractivity contribution < 1.29 is 9.69 Å². The Morgan fingerprint density at radius 3 is 2.81 bits per heavy atom. The van der Waals surface area contributed by atoms with Crippen molar-refractivity contribution in [2.45, 2.75) is 6.54 Å². The Labute approximate surface area is 127 Å². The van der Waals surface area contributed by atoms with Crippen LogP contribution in [0.25, 0.3) is 10.9 Å². The third-order valence-electron chi connectivity index (χ3n) is 3.14.